The fourth-order valence-electron chi connectivity index (χ4n) is 9.57. The van der Waals surface area contributed by atoms with Crippen LogP contribution in [0.3, 0.4) is 0 Å². The van der Waals surface area contributed by atoms with E-state index in [2.05, 4.69) is 24.9 Å². The molecule has 2 unspecified atom stereocenters. The summed E-state index contributed by atoms with van der Waals surface area (Å²) in [5.74, 6) is 0.366. The fraction of sp³-hybridized carbons (Fsp3) is 0.482. The van der Waals surface area contributed by atoms with E-state index in [1.807, 2.05) is 62.4 Å². The summed E-state index contributed by atoms with van der Waals surface area (Å²) in [7, 11) is 3.56. The van der Waals surface area contributed by atoms with Crippen LogP contribution in [0.15, 0.2) is 97.1 Å². The molecule has 0 aromatic heterocycles. The van der Waals surface area contributed by atoms with Gasteiger partial charge in [0.1, 0.15) is 17.8 Å². The Hall–Kier alpha value is -5.35. The molecule has 0 spiro atoms. The second-order valence-corrected chi connectivity index (χ2v) is 20.3. The number of carbonyl (C=O) groups is 5. The maximum Gasteiger partial charge on any atom is 0.241 e. The number of piperazine rings is 2. The molecule has 72 heavy (non-hydrogen) atoms. The Labute approximate surface area is 437 Å². The average molecular weight is 1030 g/mol. The van der Waals surface area contributed by atoms with Gasteiger partial charge in [0.05, 0.1) is 6.61 Å². The predicted octanol–water partition coefficient (Wildman–Crippen LogP) is 8.27. The first-order valence-corrected chi connectivity index (χ1v) is 26.3. The number of rotatable bonds is 24. The maximum atomic E-state index is 14.2. The number of hydrogen-bond acceptors (Lipinski definition) is 10. The number of hydrogen-bond donors (Lipinski definition) is 1. The van der Waals surface area contributed by atoms with E-state index in [9.17, 15) is 24.0 Å². The Morgan fingerprint density at radius 1 is 0.569 bits per heavy atom. The van der Waals surface area contributed by atoms with E-state index in [1.165, 1.54) is 6.92 Å². The molecule has 4 aromatic carbocycles. The molecule has 2 heterocycles. The minimum Gasteiger partial charge on any atom is -0.494 e. The molecule has 14 nitrogen and oxygen atoms in total. The molecule has 2 aliphatic heterocycles. The number of ketones is 1. The van der Waals surface area contributed by atoms with Gasteiger partial charge in [-0.1, -0.05) is 29.6 Å². The van der Waals surface area contributed by atoms with E-state index in [-0.39, 0.29) is 35.5 Å². The quantitative estimate of drug-likeness (QED) is 0.0541. The normalized spacial score (nSPS) is 15.7. The van der Waals surface area contributed by atoms with Crippen molar-refractivity contribution < 1.29 is 28.7 Å². The molecular weight excluding hydrogens is 952 g/mol. The molecule has 2 aliphatic rings. The van der Waals surface area contributed by atoms with Gasteiger partial charge in [0.25, 0.3) is 0 Å². The maximum absolute atomic E-state index is 14.2. The SMILES string of the molecule is CC(=O)N(CCCCCN1CCN(C(C(=O)NC(C)C)C(C(=O)N(C)C)N2CCN(CCCCCOc3ccc(N(C(C)=O)c4ccc(Cl)cc4)cc3)CC2)CC1)c1ccc(C(=O)c2ccc(Cl)cc2)cc1. The highest BCUT2D eigenvalue weighted by molar-refractivity contribution is 6.31. The van der Waals surface area contributed by atoms with Crippen molar-refractivity contribution in [3.8, 4) is 5.75 Å². The molecule has 16 heteroatoms. The number of anilines is 3. The van der Waals surface area contributed by atoms with Crippen LogP contribution in [0.2, 0.25) is 10.0 Å². The molecule has 4 aromatic rings. The van der Waals surface area contributed by atoms with Gasteiger partial charge in [0.2, 0.25) is 23.6 Å². The summed E-state index contributed by atoms with van der Waals surface area (Å²) in [5.41, 5.74) is 3.38. The van der Waals surface area contributed by atoms with E-state index in [4.69, 9.17) is 27.9 Å². The second-order valence-electron chi connectivity index (χ2n) is 19.4. The van der Waals surface area contributed by atoms with E-state index < -0.39 is 12.1 Å². The van der Waals surface area contributed by atoms with Crippen LogP contribution in [0.25, 0.3) is 0 Å². The Morgan fingerprint density at radius 2 is 1.03 bits per heavy atom. The molecule has 388 valence electrons. The van der Waals surface area contributed by atoms with Crippen molar-refractivity contribution in [3.63, 3.8) is 0 Å². The van der Waals surface area contributed by atoms with Crippen LogP contribution in [0, 0.1) is 0 Å². The Kier molecular flexibility index (Phi) is 21.5. The lowest BCUT2D eigenvalue weighted by atomic mass is 9.99. The van der Waals surface area contributed by atoms with E-state index in [0.29, 0.717) is 60.5 Å². The third kappa shape index (κ3) is 16.1. The number of nitrogens with zero attached hydrogens (tertiary/aromatic N) is 7. The highest BCUT2D eigenvalue weighted by Gasteiger charge is 2.44. The Balaban J connectivity index is 0.932. The summed E-state index contributed by atoms with van der Waals surface area (Å²) < 4.78 is 6.05. The first kappa shape index (κ1) is 56.0. The van der Waals surface area contributed by atoms with Gasteiger partial charge in [-0.05, 0) is 156 Å². The first-order chi connectivity index (χ1) is 34.6. The molecular formula is C56H74Cl2N8O6. The third-order valence-corrected chi connectivity index (χ3v) is 14.0. The van der Waals surface area contributed by atoms with Crippen molar-refractivity contribution in [3.05, 3.63) is 118 Å². The topological polar surface area (TPSA) is 129 Å². The molecule has 1 N–H and O–H groups in total. The highest BCUT2D eigenvalue weighted by Crippen LogP contribution is 2.29. The summed E-state index contributed by atoms with van der Waals surface area (Å²) in [6, 6.07) is 27.5. The van der Waals surface area contributed by atoms with Gasteiger partial charge in [0.15, 0.2) is 5.78 Å². The predicted molar refractivity (Wildman–Crippen MR) is 289 cm³/mol. The molecule has 0 aliphatic carbocycles. The van der Waals surface area contributed by atoms with Gasteiger partial charge >= 0.3 is 0 Å². The number of ether oxygens (including phenoxy) is 1. The summed E-state index contributed by atoms with van der Waals surface area (Å²) >= 11 is 12.1. The molecule has 4 amide bonds. The minimum absolute atomic E-state index is 0.0437. The molecule has 2 saturated heterocycles. The number of nitrogens with one attached hydrogen (secondary N) is 1. The Bertz CT molecular complexity index is 2370. The van der Waals surface area contributed by atoms with Crippen LogP contribution in [0.5, 0.6) is 5.75 Å². The zero-order valence-corrected chi connectivity index (χ0v) is 44.5. The van der Waals surface area contributed by atoms with E-state index >= 15 is 0 Å². The molecule has 2 atom stereocenters. The van der Waals surface area contributed by atoms with Gasteiger partial charge in [-0.25, -0.2) is 0 Å². The van der Waals surface area contributed by atoms with Crippen LogP contribution in [-0.4, -0.2) is 165 Å². The second kappa shape index (κ2) is 27.6. The molecule has 0 saturated carbocycles. The summed E-state index contributed by atoms with van der Waals surface area (Å²) in [6.07, 6.45) is 5.73. The molecule has 2 fully saturated rings. The molecule has 0 bridgehead atoms. The summed E-state index contributed by atoms with van der Waals surface area (Å²) in [4.78, 5) is 80.9. The first-order valence-electron chi connectivity index (χ1n) is 25.5. The van der Waals surface area contributed by atoms with Gasteiger partial charge < -0.3 is 29.7 Å². The largest absolute Gasteiger partial charge is 0.494 e. The lowest BCUT2D eigenvalue weighted by Crippen LogP contribution is -2.68. The van der Waals surface area contributed by atoms with Crippen molar-refractivity contribution >= 4 is 69.7 Å². The molecule has 0 radical (unpaired) electrons. The number of amides is 4. The smallest absolute Gasteiger partial charge is 0.241 e. The standard InChI is InChI=1S/C56H74Cl2N8O6/c1-41(2)59-55(70)52(63-36-32-61(33-37-63)29-9-7-11-31-65(42(3)67)48-21-15-45(16-22-48)54(69)44-13-17-46(57)18-14-44)53(56(71)60(5)6)64-38-34-62(35-39-64)30-10-8-12-40-72-51-27-25-50(26-28-51)66(43(4)68)49-23-19-47(58)20-24-49/h13-28,41,52-53H,7-12,29-40H2,1-6H3,(H,59,70). The van der Waals surface area contributed by atoms with Crippen LogP contribution >= 0.6 is 23.2 Å². The van der Waals surface area contributed by atoms with Gasteiger partial charge in [-0.15, -0.1) is 0 Å². The van der Waals surface area contributed by atoms with Gasteiger partial charge in [0, 0.05) is 131 Å². The van der Waals surface area contributed by atoms with Crippen LogP contribution < -0.4 is 19.9 Å². The van der Waals surface area contributed by atoms with Crippen LogP contribution in [0.1, 0.15) is 82.1 Å². The fourth-order valence-corrected chi connectivity index (χ4v) is 9.83. The summed E-state index contributed by atoms with van der Waals surface area (Å²) in [5, 5.41) is 4.35. The van der Waals surface area contributed by atoms with E-state index in [0.717, 1.165) is 101 Å². The van der Waals surface area contributed by atoms with Crippen LogP contribution in [-0.2, 0) is 19.2 Å². The number of likely N-dealkylation sites (N-methyl/N-ethyl adjacent to an activating group) is 1. The van der Waals surface area contributed by atoms with Crippen molar-refractivity contribution in [2.75, 3.05) is 102 Å². The van der Waals surface area contributed by atoms with Crippen molar-refractivity contribution in [2.45, 2.75) is 84.3 Å². The monoisotopic (exact) mass is 1020 g/mol. The zero-order valence-electron chi connectivity index (χ0n) is 43.0. The van der Waals surface area contributed by atoms with Crippen LogP contribution in [0.4, 0.5) is 17.1 Å². The van der Waals surface area contributed by atoms with Gasteiger partial charge in [-0.2, -0.15) is 0 Å². The number of unbranched alkanes of at least 4 members (excludes halogenated alkanes) is 4. The molecule has 6 rings (SSSR count). The van der Waals surface area contributed by atoms with Crippen molar-refractivity contribution in [1.29, 1.82) is 0 Å². The lowest BCUT2D eigenvalue weighted by Gasteiger charge is -2.46. The number of carbonyl (C=O) groups excluding carboxylic acids is 5. The average Bonchev–Trinajstić information content (AvgIpc) is 3.36. The third-order valence-electron chi connectivity index (χ3n) is 13.5. The van der Waals surface area contributed by atoms with Gasteiger partial charge in [-0.3, -0.25) is 38.7 Å². The Morgan fingerprint density at radius 3 is 1.51 bits per heavy atom. The van der Waals surface area contributed by atoms with E-state index in [1.54, 1.807) is 84.2 Å². The summed E-state index contributed by atoms with van der Waals surface area (Å²) in [6.45, 7) is 16.1. The minimum atomic E-state index is -0.619. The highest BCUT2D eigenvalue weighted by atomic mass is 35.5. The number of benzene rings is 4. The van der Waals surface area contributed by atoms with Crippen molar-refractivity contribution in [2.24, 2.45) is 0 Å². The zero-order chi connectivity index (χ0) is 51.7. The number of halogens is 2. The lowest BCUT2D eigenvalue weighted by molar-refractivity contribution is -0.145. The van der Waals surface area contributed by atoms with Crippen molar-refractivity contribution in [1.82, 2.24) is 29.8 Å².